The largest absolute Gasteiger partial charge is 0.367 e. The number of hydrogen-bond donors (Lipinski definition) is 2. The summed E-state index contributed by atoms with van der Waals surface area (Å²) in [6.07, 6.45) is 6.85. The molecule has 1 aliphatic rings. The van der Waals surface area contributed by atoms with Crippen molar-refractivity contribution in [3.05, 3.63) is 24.0 Å². The molecule has 2 heteroatoms. The van der Waals surface area contributed by atoms with Gasteiger partial charge < -0.3 is 10.3 Å². The normalized spacial score (nSPS) is 18.8. The summed E-state index contributed by atoms with van der Waals surface area (Å²) in [6, 6.07) is 2.13. The van der Waals surface area contributed by atoms with Gasteiger partial charge >= 0.3 is 0 Å². The second-order valence-electron chi connectivity index (χ2n) is 4.84. The summed E-state index contributed by atoms with van der Waals surface area (Å²) in [5.41, 5.74) is 1.97. The van der Waals surface area contributed by atoms with Crippen molar-refractivity contribution in [3.63, 3.8) is 0 Å². The lowest BCUT2D eigenvalue weighted by atomic mass is 9.92. The quantitative estimate of drug-likeness (QED) is 0.737. The summed E-state index contributed by atoms with van der Waals surface area (Å²) in [5.74, 6) is 0.821. The summed E-state index contributed by atoms with van der Waals surface area (Å²) in [5, 5.41) is 3.55. The highest BCUT2D eigenvalue weighted by Crippen LogP contribution is 2.51. The number of aromatic nitrogens is 1. The molecule has 1 aromatic heterocycles. The lowest BCUT2D eigenvalue weighted by molar-refractivity contribution is 0.338. The second kappa shape index (κ2) is 3.77. The van der Waals surface area contributed by atoms with Crippen LogP contribution in [0.3, 0.4) is 0 Å². The van der Waals surface area contributed by atoms with Crippen LogP contribution in [0.2, 0.25) is 0 Å². The van der Waals surface area contributed by atoms with Gasteiger partial charge in [0.15, 0.2) is 0 Å². The Morgan fingerprint density at radius 2 is 2.29 bits per heavy atom. The minimum atomic E-state index is 0.621. The van der Waals surface area contributed by atoms with Gasteiger partial charge in [-0.3, -0.25) is 0 Å². The molecule has 0 saturated heterocycles. The molecule has 2 N–H and O–H groups in total. The fraction of sp³-hybridized carbons (Fsp3) is 0.667. The average Bonchev–Trinajstić information content (AvgIpc) is 2.76. The Kier molecular flexibility index (Phi) is 2.64. The Morgan fingerprint density at radius 1 is 1.50 bits per heavy atom. The molecule has 78 valence electrons. The Bertz CT molecular complexity index is 271. The minimum Gasteiger partial charge on any atom is -0.367 e. The SMILES string of the molecule is CC(C)C1(CNCc2cc[nH]c2)CC1. The van der Waals surface area contributed by atoms with E-state index in [0.29, 0.717) is 5.41 Å². The van der Waals surface area contributed by atoms with Gasteiger partial charge in [-0.25, -0.2) is 0 Å². The first-order valence-electron chi connectivity index (χ1n) is 5.55. The van der Waals surface area contributed by atoms with Crippen molar-refractivity contribution in [1.82, 2.24) is 10.3 Å². The third-order valence-corrected chi connectivity index (χ3v) is 3.59. The van der Waals surface area contributed by atoms with E-state index in [9.17, 15) is 0 Å². The van der Waals surface area contributed by atoms with E-state index in [1.165, 1.54) is 24.9 Å². The van der Waals surface area contributed by atoms with Crippen LogP contribution < -0.4 is 5.32 Å². The Morgan fingerprint density at radius 3 is 2.79 bits per heavy atom. The number of H-pyrrole nitrogens is 1. The van der Waals surface area contributed by atoms with Gasteiger partial charge in [-0.1, -0.05) is 13.8 Å². The maximum absolute atomic E-state index is 3.55. The monoisotopic (exact) mass is 192 g/mol. The van der Waals surface area contributed by atoms with Crippen LogP contribution in [-0.4, -0.2) is 11.5 Å². The fourth-order valence-corrected chi connectivity index (χ4v) is 2.04. The van der Waals surface area contributed by atoms with Crippen LogP contribution in [0.15, 0.2) is 18.5 Å². The zero-order chi connectivity index (χ0) is 10.0. The maximum atomic E-state index is 3.55. The van der Waals surface area contributed by atoms with Gasteiger partial charge in [-0.05, 0) is 35.8 Å². The van der Waals surface area contributed by atoms with Crippen molar-refractivity contribution in [2.45, 2.75) is 33.2 Å². The Labute approximate surface area is 86.1 Å². The molecule has 0 amide bonds. The van der Waals surface area contributed by atoms with Crippen LogP contribution in [0, 0.1) is 11.3 Å². The van der Waals surface area contributed by atoms with Gasteiger partial charge in [0.2, 0.25) is 0 Å². The smallest absolute Gasteiger partial charge is 0.0220 e. The molecule has 1 aromatic rings. The van der Waals surface area contributed by atoms with E-state index in [0.717, 1.165) is 12.5 Å². The van der Waals surface area contributed by atoms with Crippen molar-refractivity contribution in [1.29, 1.82) is 0 Å². The molecule has 2 rings (SSSR count). The van der Waals surface area contributed by atoms with Crippen molar-refractivity contribution in [2.75, 3.05) is 6.54 Å². The first-order chi connectivity index (χ1) is 6.73. The standard InChI is InChI=1S/C12H20N2/c1-10(2)12(4-5-12)9-14-8-11-3-6-13-7-11/h3,6-7,10,13-14H,4-5,8-9H2,1-2H3. The molecule has 1 fully saturated rings. The predicted molar refractivity (Wildman–Crippen MR) is 59.0 cm³/mol. The molecule has 1 saturated carbocycles. The molecule has 0 radical (unpaired) electrons. The summed E-state index contributed by atoms with van der Waals surface area (Å²) in [4.78, 5) is 3.08. The van der Waals surface area contributed by atoms with Gasteiger partial charge in [-0.15, -0.1) is 0 Å². The zero-order valence-corrected chi connectivity index (χ0v) is 9.14. The van der Waals surface area contributed by atoms with E-state index in [2.05, 4.69) is 36.4 Å². The van der Waals surface area contributed by atoms with Crippen LogP contribution in [-0.2, 0) is 6.54 Å². The zero-order valence-electron chi connectivity index (χ0n) is 9.14. The van der Waals surface area contributed by atoms with Gasteiger partial charge in [0.05, 0.1) is 0 Å². The van der Waals surface area contributed by atoms with Crippen LogP contribution in [0.1, 0.15) is 32.3 Å². The highest BCUT2D eigenvalue weighted by Gasteiger charge is 2.44. The summed E-state index contributed by atoms with van der Waals surface area (Å²) in [7, 11) is 0. The molecule has 14 heavy (non-hydrogen) atoms. The van der Waals surface area contributed by atoms with Crippen molar-refractivity contribution in [2.24, 2.45) is 11.3 Å². The average molecular weight is 192 g/mol. The first-order valence-corrected chi connectivity index (χ1v) is 5.55. The summed E-state index contributed by atoms with van der Waals surface area (Å²) >= 11 is 0. The Hall–Kier alpha value is -0.760. The van der Waals surface area contributed by atoms with Gasteiger partial charge in [0, 0.05) is 25.5 Å². The Balaban J connectivity index is 1.73. The predicted octanol–water partition coefficient (Wildman–Crippen LogP) is 2.54. The van der Waals surface area contributed by atoms with Crippen LogP contribution >= 0.6 is 0 Å². The lowest BCUT2D eigenvalue weighted by Crippen LogP contribution is -2.27. The third kappa shape index (κ3) is 2.01. The van der Waals surface area contributed by atoms with Gasteiger partial charge in [0.25, 0.3) is 0 Å². The molecule has 1 heterocycles. The topological polar surface area (TPSA) is 27.8 Å². The molecular weight excluding hydrogens is 172 g/mol. The molecule has 0 spiro atoms. The van der Waals surface area contributed by atoms with Crippen molar-refractivity contribution in [3.8, 4) is 0 Å². The highest BCUT2D eigenvalue weighted by molar-refractivity contribution is 5.08. The molecule has 1 aliphatic carbocycles. The van der Waals surface area contributed by atoms with Crippen molar-refractivity contribution < 1.29 is 0 Å². The number of rotatable bonds is 5. The summed E-state index contributed by atoms with van der Waals surface area (Å²) in [6.45, 7) is 6.85. The van der Waals surface area contributed by atoms with Gasteiger partial charge in [0.1, 0.15) is 0 Å². The molecule has 0 aromatic carbocycles. The molecule has 0 bridgehead atoms. The van der Waals surface area contributed by atoms with E-state index in [1.807, 2.05) is 6.20 Å². The van der Waals surface area contributed by atoms with E-state index < -0.39 is 0 Å². The molecule has 0 unspecified atom stereocenters. The van der Waals surface area contributed by atoms with E-state index >= 15 is 0 Å². The second-order valence-corrected chi connectivity index (χ2v) is 4.84. The first kappa shape index (κ1) is 9.78. The van der Waals surface area contributed by atoms with E-state index in [1.54, 1.807) is 0 Å². The van der Waals surface area contributed by atoms with Crippen LogP contribution in [0.4, 0.5) is 0 Å². The molecule has 0 atom stereocenters. The van der Waals surface area contributed by atoms with Crippen molar-refractivity contribution >= 4 is 0 Å². The lowest BCUT2D eigenvalue weighted by Gasteiger charge is -2.19. The number of hydrogen-bond acceptors (Lipinski definition) is 1. The molecule has 2 nitrogen and oxygen atoms in total. The number of nitrogens with one attached hydrogen (secondary N) is 2. The molecule has 0 aliphatic heterocycles. The van der Waals surface area contributed by atoms with E-state index in [-0.39, 0.29) is 0 Å². The fourth-order valence-electron chi connectivity index (χ4n) is 2.04. The van der Waals surface area contributed by atoms with Gasteiger partial charge in [-0.2, -0.15) is 0 Å². The third-order valence-electron chi connectivity index (χ3n) is 3.59. The molecular formula is C12H20N2. The summed E-state index contributed by atoms with van der Waals surface area (Å²) < 4.78 is 0. The minimum absolute atomic E-state index is 0.621. The van der Waals surface area contributed by atoms with Crippen LogP contribution in [0.5, 0.6) is 0 Å². The highest BCUT2D eigenvalue weighted by atomic mass is 14.9. The van der Waals surface area contributed by atoms with E-state index in [4.69, 9.17) is 0 Å². The number of aromatic amines is 1. The maximum Gasteiger partial charge on any atom is 0.0220 e. The van der Waals surface area contributed by atoms with Crippen LogP contribution in [0.25, 0.3) is 0 Å².